The number of fused-ring (bicyclic) bond motifs is 5. The maximum atomic E-state index is 6.14. The van der Waals surface area contributed by atoms with Crippen LogP contribution in [0.25, 0.3) is 5.69 Å². The van der Waals surface area contributed by atoms with Gasteiger partial charge in [0.2, 0.25) is 6.33 Å². The Bertz CT molecular complexity index is 944. The molecule has 0 bridgehead atoms. The molecule has 4 heteroatoms. The SMILES string of the molecule is CC(C)c1ccccc1-n1c[n+]2c(n1)CO[C@H]1Cc3ccccc3[C@H]12. The number of hydrogen-bond acceptors (Lipinski definition) is 2. The first kappa shape index (κ1) is 14.8. The van der Waals surface area contributed by atoms with Crippen molar-refractivity contribution in [3.05, 3.63) is 77.4 Å². The third-order valence-electron chi connectivity index (χ3n) is 5.43. The summed E-state index contributed by atoms with van der Waals surface area (Å²) < 4.78 is 10.5. The van der Waals surface area contributed by atoms with E-state index in [1.807, 2.05) is 4.68 Å². The molecule has 2 heterocycles. The quantitative estimate of drug-likeness (QED) is 0.674. The van der Waals surface area contributed by atoms with Crippen LogP contribution in [0, 0.1) is 0 Å². The number of benzene rings is 2. The lowest BCUT2D eigenvalue weighted by atomic mass is 10.0. The molecule has 0 N–H and O–H groups in total. The summed E-state index contributed by atoms with van der Waals surface area (Å²) >= 11 is 0. The van der Waals surface area contributed by atoms with Crippen LogP contribution in [-0.4, -0.2) is 15.9 Å². The molecular weight excluding hydrogens is 310 g/mol. The first-order valence-electron chi connectivity index (χ1n) is 9.01. The van der Waals surface area contributed by atoms with Gasteiger partial charge in [-0.3, -0.25) is 0 Å². The van der Waals surface area contributed by atoms with Gasteiger partial charge in [-0.2, -0.15) is 0 Å². The molecule has 1 aliphatic heterocycles. The Morgan fingerprint density at radius 3 is 2.80 bits per heavy atom. The zero-order valence-corrected chi connectivity index (χ0v) is 14.6. The van der Waals surface area contributed by atoms with Crippen LogP contribution in [0.4, 0.5) is 0 Å². The van der Waals surface area contributed by atoms with E-state index in [1.165, 1.54) is 16.7 Å². The predicted molar refractivity (Wildman–Crippen MR) is 94.7 cm³/mol. The molecule has 0 fully saturated rings. The molecule has 0 saturated heterocycles. The lowest BCUT2D eigenvalue weighted by molar-refractivity contribution is -0.739. The summed E-state index contributed by atoms with van der Waals surface area (Å²) in [5.41, 5.74) is 5.23. The van der Waals surface area contributed by atoms with Gasteiger partial charge in [-0.25, -0.2) is 4.57 Å². The van der Waals surface area contributed by atoms with Gasteiger partial charge in [0.05, 0.1) is 0 Å². The molecule has 1 aliphatic carbocycles. The van der Waals surface area contributed by atoms with Gasteiger partial charge < -0.3 is 4.74 Å². The molecule has 0 radical (unpaired) electrons. The molecule has 0 saturated carbocycles. The van der Waals surface area contributed by atoms with Crippen LogP contribution in [0.15, 0.2) is 54.9 Å². The molecule has 5 rings (SSSR count). The third-order valence-corrected chi connectivity index (χ3v) is 5.43. The van der Waals surface area contributed by atoms with E-state index >= 15 is 0 Å². The van der Waals surface area contributed by atoms with Gasteiger partial charge in [0.15, 0.2) is 0 Å². The Balaban J connectivity index is 1.63. The lowest BCUT2D eigenvalue weighted by Gasteiger charge is -2.23. The summed E-state index contributed by atoms with van der Waals surface area (Å²) in [7, 11) is 0. The van der Waals surface area contributed by atoms with E-state index in [9.17, 15) is 0 Å². The van der Waals surface area contributed by atoms with Crippen molar-refractivity contribution in [2.45, 2.75) is 44.9 Å². The summed E-state index contributed by atoms with van der Waals surface area (Å²) in [6.07, 6.45) is 3.35. The predicted octanol–water partition coefficient (Wildman–Crippen LogP) is 3.33. The zero-order valence-electron chi connectivity index (χ0n) is 14.6. The number of hydrogen-bond donors (Lipinski definition) is 0. The first-order valence-corrected chi connectivity index (χ1v) is 9.01. The van der Waals surface area contributed by atoms with Crippen molar-refractivity contribution in [2.24, 2.45) is 0 Å². The Kier molecular flexibility index (Phi) is 3.28. The van der Waals surface area contributed by atoms with Gasteiger partial charge in [-0.15, -0.1) is 0 Å². The maximum Gasteiger partial charge on any atom is 0.304 e. The van der Waals surface area contributed by atoms with Crippen molar-refractivity contribution in [1.29, 1.82) is 0 Å². The van der Waals surface area contributed by atoms with Gasteiger partial charge >= 0.3 is 5.82 Å². The number of para-hydroxylation sites is 1. The number of aromatic nitrogens is 3. The largest absolute Gasteiger partial charge is 0.363 e. The van der Waals surface area contributed by atoms with Crippen LogP contribution in [0.5, 0.6) is 0 Å². The van der Waals surface area contributed by atoms with Gasteiger partial charge in [-0.1, -0.05) is 61.0 Å². The van der Waals surface area contributed by atoms with E-state index in [0.717, 1.165) is 17.9 Å². The van der Waals surface area contributed by atoms with E-state index in [2.05, 4.69) is 73.3 Å². The van der Waals surface area contributed by atoms with Crippen molar-refractivity contribution in [2.75, 3.05) is 0 Å². The van der Waals surface area contributed by atoms with E-state index in [4.69, 9.17) is 9.84 Å². The van der Waals surface area contributed by atoms with Crippen molar-refractivity contribution >= 4 is 0 Å². The normalized spacial score (nSPS) is 21.1. The number of rotatable bonds is 2. The summed E-state index contributed by atoms with van der Waals surface area (Å²) in [5.74, 6) is 1.45. The number of nitrogens with zero attached hydrogens (tertiary/aromatic N) is 3. The monoisotopic (exact) mass is 332 g/mol. The van der Waals surface area contributed by atoms with Crippen LogP contribution in [0.1, 0.15) is 48.3 Å². The second-order valence-corrected chi connectivity index (χ2v) is 7.29. The minimum Gasteiger partial charge on any atom is -0.363 e. The maximum absolute atomic E-state index is 6.14. The van der Waals surface area contributed by atoms with Crippen LogP contribution >= 0.6 is 0 Å². The Morgan fingerprint density at radius 2 is 1.92 bits per heavy atom. The second-order valence-electron chi connectivity index (χ2n) is 7.29. The highest BCUT2D eigenvalue weighted by molar-refractivity contribution is 5.41. The summed E-state index contributed by atoms with van der Waals surface area (Å²) in [4.78, 5) is 0. The first-order chi connectivity index (χ1) is 12.2. The highest BCUT2D eigenvalue weighted by Crippen LogP contribution is 2.35. The number of ether oxygens (including phenoxy) is 1. The van der Waals surface area contributed by atoms with Gasteiger partial charge in [0.1, 0.15) is 24.4 Å². The van der Waals surface area contributed by atoms with Crippen molar-refractivity contribution < 1.29 is 9.30 Å². The highest BCUT2D eigenvalue weighted by atomic mass is 16.5. The third kappa shape index (κ3) is 2.24. The Hall–Kier alpha value is -2.46. The van der Waals surface area contributed by atoms with Crippen LogP contribution in [0.2, 0.25) is 0 Å². The summed E-state index contributed by atoms with van der Waals surface area (Å²) in [5, 5.41) is 4.85. The van der Waals surface area contributed by atoms with E-state index in [0.29, 0.717) is 12.5 Å². The molecule has 0 amide bonds. The fourth-order valence-electron chi connectivity index (χ4n) is 4.22. The molecule has 126 valence electrons. The standard InChI is InChI=1S/C21H22N3O/c1-14(2)16-8-5-6-10-18(16)24-13-23-20(22-24)12-25-19-11-15-7-3-4-9-17(15)21(19)23/h3-10,13-14,19,21H,11-12H2,1-2H3/q+1/t19-,21+/m0/s1. The topological polar surface area (TPSA) is 30.9 Å². The molecule has 2 atom stereocenters. The average Bonchev–Trinajstić information content (AvgIpc) is 3.22. The lowest BCUT2D eigenvalue weighted by Crippen LogP contribution is -2.51. The molecule has 4 nitrogen and oxygen atoms in total. The molecule has 3 aromatic rings. The molecule has 2 aliphatic rings. The van der Waals surface area contributed by atoms with E-state index in [-0.39, 0.29) is 12.1 Å². The fraction of sp³-hybridized carbons (Fsp3) is 0.333. The average molecular weight is 332 g/mol. The summed E-state index contributed by atoms with van der Waals surface area (Å²) in [6.45, 7) is 5.02. The van der Waals surface area contributed by atoms with Crippen molar-refractivity contribution in [3.8, 4) is 5.69 Å². The zero-order chi connectivity index (χ0) is 17.0. The molecule has 25 heavy (non-hydrogen) atoms. The van der Waals surface area contributed by atoms with Gasteiger partial charge in [0, 0.05) is 11.5 Å². The molecular formula is C21H22N3O+. The smallest absolute Gasteiger partial charge is 0.304 e. The van der Waals surface area contributed by atoms with Crippen LogP contribution in [0.3, 0.4) is 0 Å². The van der Waals surface area contributed by atoms with E-state index < -0.39 is 0 Å². The van der Waals surface area contributed by atoms with Crippen LogP contribution in [-0.2, 0) is 17.8 Å². The minimum atomic E-state index is 0.216. The van der Waals surface area contributed by atoms with Gasteiger partial charge in [-0.05, 0) is 28.7 Å². The second kappa shape index (κ2) is 5.53. The van der Waals surface area contributed by atoms with Crippen molar-refractivity contribution in [1.82, 2.24) is 9.78 Å². The summed E-state index contributed by atoms with van der Waals surface area (Å²) in [6, 6.07) is 17.4. The molecule has 1 aromatic heterocycles. The molecule has 2 aromatic carbocycles. The van der Waals surface area contributed by atoms with Crippen LogP contribution < -0.4 is 4.57 Å². The molecule has 0 spiro atoms. The Labute approximate surface area is 147 Å². The molecule has 0 unspecified atom stereocenters. The van der Waals surface area contributed by atoms with E-state index in [1.54, 1.807) is 0 Å². The highest BCUT2D eigenvalue weighted by Gasteiger charge is 2.43. The Morgan fingerprint density at radius 1 is 1.12 bits per heavy atom. The minimum absolute atomic E-state index is 0.216. The van der Waals surface area contributed by atoms with Crippen molar-refractivity contribution in [3.63, 3.8) is 0 Å². The van der Waals surface area contributed by atoms with Gasteiger partial charge in [0.25, 0.3) is 0 Å². The fourth-order valence-corrected chi connectivity index (χ4v) is 4.22.